The highest BCUT2D eigenvalue weighted by molar-refractivity contribution is 5.78. The summed E-state index contributed by atoms with van der Waals surface area (Å²) in [6.07, 6.45) is 3.14. The third-order valence-electron chi connectivity index (χ3n) is 3.69. The van der Waals surface area contributed by atoms with Gasteiger partial charge in [0.25, 0.3) is 0 Å². The Balaban J connectivity index is 2.42. The van der Waals surface area contributed by atoms with Gasteiger partial charge in [0.1, 0.15) is 0 Å². The van der Waals surface area contributed by atoms with Gasteiger partial charge in [-0.25, -0.2) is 0 Å². The molecular weight excluding hydrogens is 216 g/mol. The summed E-state index contributed by atoms with van der Waals surface area (Å²) < 4.78 is 0. The van der Waals surface area contributed by atoms with Crippen LogP contribution in [0, 0.1) is 11.8 Å². The lowest BCUT2D eigenvalue weighted by Gasteiger charge is -2.33. The van der Waals surface area contributed by atoms with Crippen molar-refractivity contribution in [3.8, 4) is 0 Å². The molecule has 1 N–H and O–H groups in total. The molecule has 4 nitrogen and oxygen atoms in total. The average molecular weight is 242 g/mol. The van der Waals surface area contributed by atoms with Crippen LogP contribution in [0.25, 0.3) is 0 Å². The maximum Gasteiger partial charge on any atom is 0.227 e. The summed E-state index contributed by atoms with van der Waals surface area (Å²) in [7, 11) is 3.99. The molecule has 100 valence electrons. The van der Waals surface area contributed by atoms with Gasteiger partial charge in [-0.1, -0.05) is 6.92 Å². The molecule has 0 radical (unpaired) electrons. The molecule has 1 fully saturated rings. The van der Waals surface area contributed by atoms with Gasteiger partial charge in [0, 0.05) is 20.1 Å². The monoisotopic (exact) mass is 242 g/mol. The van der Waals surface area contributed by atoms with Gasteiger partial charge in [0.05, 0.1) is 12.5 Å². The van der Waals surface area contributed by atoms with Crippen LogP contribution < -0.4 is 0 Å². The van der Waals surface area contributed by atoms with Gasteiger partial charge in [-0.15, -0.1) is 0 Å². The predicted molar refractivity (Wildman–Crippen MR) is 68.7 cm³/mol. The summed E-state index contributed by atoms with van der Waals surface area (Å²) in [6.45, 7) is 4.97. The summed E-state index contributed by atoms with van der Waals surface area (Å²) in [5.41, 5.74) is 0. The SMILES string of the molecule is CCC(CO)C(=O)N(C)CC1CCCN(C)C1. The summed E-state index contributed by atoms with van der Waals surface area (Å²) in [5, 5.41) is 9.14. The van der Waals surface area contributed by atoms with Crippen molar-refractivity contribution >= 4 is 5.91 Å². The number of carbonyl (C=O) groups excluding carboxylic acids is 1. The first-order chi connectivity index (χ1) is 8.08. The van der Waals surface area contributed by atoms with Crippen LogP contribution in [0.1, 0.15) is 26.2 Å². The fraction of sp³-hybridized carbons (Fsp3) is 0.923. The molecule has 4 heteroatoms. The Morgan fingerprint density at radius 3 is 2.82 bits per heavy atom. The highest BCUT2D eigenvalue weighted by Gasteiger charge is 2.24. The zero-order valence-corrected chi connectivity index (χ0v) is 11.4. The van der Waals surface area contributed by atoms with E-state index in [0.29, 0.717) is 12.3 Å². The Morgan fingerprint density at radius 1 is 1.59 bits per heavy atom. The van der Waals surface area contributed by atoms with Gasteiger partial charge in [-0.3, -0.25) is 4.79 Å². The minimum Gasteiger partial charge on any atom is -0.396 e. The van der Waals surface area contributed by atoms with E-state index in [0.717, 1.165) is 13.1 Å². The Morgan fingerprint density at radius 2 is 2.29 bits per heavy atom. The first kappa shape index (κ1) is 14.5. The summed E-state index contributed by atoms with van der Waals surface area (Å²) in [4.78, 5) is 16.1. The van der Waals surface area contributed by atoms with Crippen LogP contribution in [0.3, 0.4) is 0 Å². The van der Waals surface area contributed by atoms with Crippen LogP contribution in [-0.4, -0.2) is 61.2 Å². The Bertz CT molecular complexity index is 242. The lowest BCUT2D eigenvalue weighted by Crippen LogP contribution is -2.42. The number of hydrogen-bond donors (Lipinski definition) is 1. The normalized spacial score (nSPS) is 23.4. The average Bonchev–Trinajstić information content (AvgIpc) is 2.30. The van der Waals surface area contributed by atoms with Crippen LogP contribution >= 0.6 is 0 Å². The smallest absolute Gasteiger partial charge is 0.227 e. The molecule has 1 aliphatic rings. The predicted octanol–water partition coefficient (Wildman–Crippen LogP) is 0.805. The molecule has 1 saturated heterocycles. The van der Waals surface area contributed by atoms with E-state index in [1.54, 1.807) is 4.90 Å². The molecule has 0 saturated carbocycles. The maximum absolute atomic E-state index is 12.0. The van der Waals surface area contributed by atoms with Gasteiger partial charge in [0.15, 0.2) is 0 Å². The number of hydrogen-bond acceptors (Lipinski definition) is 3. The zero-order chi connectivity index (χ0) is 12.8. The van der Waals surface area contributed by atoms with Gasteiger partial charge < -0.3 is 14.9 Å². The number of carbonyl (C=O) groups is 1. The van der Waals surface area contributed by atoms with Crippen LogP contribution in [-0.2, 0) is 4.79 Å². The molecule has 0 aromatic rings. The Hall–Kier alpha value is -0.610. The lowest BCUT2D eigenvalue weighted by atomic mass is 9.97. The van der Waals surface area contributed by atoms with Crippen LogP contribution in [0.2, 0.25) is 0 Å². The molecular formula is C13H26N2O2. The first-order valence-electron chi connectivity index (χ1n) is 6.62. The second kappa shape index (κ2) is 6.97. The van der Waals surface area contributed by atoms with E-state index in [2.05, 4.69) is 11.9 Å². The molecule has 1 aliphatic heterocycles. The third-order valence-corrected chi connectivity index (χ3v) is 3.69. The van der Waals surface area contributed by atoms with Crippen LogP contribution in [0.5, 0.6) is 0 Å². The van der Waals surface area contributed by atoms with E-state index in [4.69, 9.17) is 5.11 Å². The van der Waals surface area contributed by atoms with Gasteiger partial charge in [-0.05, 0) is 38.8 Å². The molecule has 1 rings (SSSR count). The zero-order valence-electron chi connectivity index (χ0n) is 11.4. The fourth-order valence-corrected chi connectivity index (χ4v) is 2.59. The minimum absolute atomic E-state index is 0.0375. The van der Waals surface area contributed by atoms with Gasteiger partial charge in [-0.2, -0.15) is 0 Å². The largest absolute Gasteiger partial charge is 0.396 e. The molecule has 0 aliphatic carbocycles. The molecule has 0 spiro atoms. The van der Waals surface area contributed by atoms with Crippen molar-refractivity contribution < 1.29 is 9.90 Å². The van der Waals surface area contributed by atoms with Gasteiger partial charge in [0.2, 0.25) is 5.91 Å². The summed E-state index contributed by atoms with van der Waals surface area (Å²) in [5.74, 6) is 0.448. The minimum atomic E-state index is -0.221. The molecule has 0 aromatic heterocycles. The summed E-state index contributed by atoms with van der Waals surface area (Å²) >= 11 is 0. The maximum atomic E-state index is 12.0. The number of nitrogens with zero attached hydrogens (tertiary/aromatic N) is 2. The third kappa shape index (κ3) is 4.28. The van der Waals surface area contributed by atoms with Crippen LogP contribution in [0.4, 0.5) is 0 Å². The number of piperidine rings is 1. The molecule has 0 aromatic carbocycles. The van der Waals surface area contributed by atoms with Crippen molar-refractivity contribution in [1.82, 2.24) is 9.80 Å². The van der Waals surface area contributed by atoms with Crippen molar-refractivity contribution in [3.05, 3.63) is 0 Å². The topological polar surface area (TPSA) is 43.8 Å². The van der Waals surface area contributed by atoms with Crippen LogP contribution in [0.15, 0.2) is 0 Å². The number of aliphatic hydroxyl groups excluding tert-OH is 1. The summed E-state index contributed by atoms with van der Waals surface area (Å²) in [6, 6.07) is 0. The van der Waals surface area contributed by atoms with E-state index < -0.39 is 0 Å². The highest BCUT2D eigenvalue weighted by Crippen LogP contribution is 2.17. The Kier molecular flexibility index (Phi) is 5.92. The van der Waals surface area contributed by atoms with Crippen molar-refractivity contribution in [2.45, 2.75) is 26.2 Å². The second-order valence-corrected chi connectivity index (χ2v) is 5.28. The molecule has 2 atom stereocenters. The number of aliphatic hydroxyl groups is 1. The van der Waals surface area contributed by atoms with Crippen molar-refractivity contribution in [3.63, 3.8) is 0 Å². The van der Waals surface area contributed by atoms with E-state index in [9.17, 15) is 4.79 Å². The number of likely N-dealkylation sites (tertiary alicyclic amines) is 1. The second-order valence-electron chi connectivity index (χ2n) is 5.28. The van der Waals surface area contributed by atoms with E-state index in [-0.39, 0.29) is 18.4 Å². The Labute approximate surface area is 105 Å². The number of rotatable bonds is 5. The number of amides is 1. The van der Waals surface area contributed by atoms with Gasteiger partial charge >= 0.3 is 0 Å². The standard InChI is InChI=1S/C13H26N2O2/c1-4-12(10-16)13(17)15(3)9-11-6-5-7-14(2)8-11/h11-12,16H,4-10H2,1-3H3. The van der Waals surface area contributed by atoms with Crippen molar-refractivity contribution in [2.24, 2.45) is 11.8 Å². The fourth-order valence-electron chi connectivity index (χ4n) is 2.59. The molecule has 17 heavy (non-hydrogen) atoms. The lowest BCUT2D eigenvalue weighted by molar-refractivity contribution is -0.136. The van der Waals surface area contributed by atoms with E-state index in [1.165, 1.54) is 19.4 Å². The molecule has 2 unspecified atom stereocenters. The molecule has 0 bridgehead atoms. The van der Waals surface area contributed by atoms with Crippen molar-refractivity contribution in [2.75, 3.05) is 40.3 Å². The quantitative estimate of drug-likeness (QED) is 0.776. The van der Waals surface area contributed by atoms with E-state index in [1.807, 2.05) is 14.0 Å². The molecule has 1 heterocycles. The van der Waals surface area contributed by atoms with Crippen molar-refractivity contribution in [1.29, 1.82) is 0 Å². The van der Waals surface area contributed by atoms with E-state index >= 15 is 0 Å². The molecule has 1 amide bonds. The first-order valence-corrected chi connectivity index (χ1v) is 6.62. The highest BCUT2D eigenvalue weighted by atomic mass is 16.3.